The molecule has 0 saturated heterocycles. The molecule has 0 aliphatic heterocycles. The smallest absolute Gasteiger partial charge is 0.317 e. The van der Waals surface area contributed by atoms with Crippen LogP contribution in [0.2, 0.25) is 15.1 Å². The van der Waals surface area contributed by atoms with E-state index in [1.165, 1.54) is 0 Å². The predicted octanol–water partition coefficient (Wildman–Crippen LogP) is 7.58. The lowest BCUT2D eigenvalue weighted by Crippen LogP contribution is -2.36. The van der Waals surface area contributed by atoms with Gasteiger partial charge in [0, 0.05) is 20.5 Å². The highest BCUT2D eigenvalue weighted by Gasteiger charge is 2.36. The number of carbonyl (C=O) groups is 1. The maximum atomic E-state index is 11.2. The average molecular weight is 505 g/mol. The van der Waals surface area contributed by atoms with Crippen LogP contribution in [0.5, 0.6) is 0 Å². The van der Waals surface area contributed by atoms with Crippen molar-refractivity contribution in [2.24, 2.45) is 0 Å². The Morgan fingerprint density at radius 1 is 0.848 bits per heavy atom. The molecular formula is C27H28Cl3NO2. The van der Waals surface area contributed by atoms with E-state index in [1.807, 2.05) is 86.8 Å². The Kier molecular flexibility index (Phi) is 10.5. The zero-order valence-electron chi connectivity index (χ0n) is 18.8. The number of aliphatic carboxylic acids is 1. The molecule has 3 aromatic carbocycles. The normalized spacial score (nSPS) is 11.0. The van der Waals surface area contributed by atoms with Crippen LogP contribution < -0.4 is 0 Å². The lowest BCUT2D eigenvalue weighted by atomic mass is 9.67. The van der Waals surface area contributed by atoms with Crippen LogP contribution in [0.1, 0.15) is 30.0 Å². The molecule has 0 atom stereocenters. The highest BCUT2D eigenvalue weighted by atomic mass is 35.5. The number of hydrogen-bond donors (Lipinski definition) is 1. The number of carboxylic acid groups (broad SMARTS) is 1. The van der Waals surface area contributed by atoms with Gasteiger partial charge >= 0.3 is 5.97 Å². The van der Waals surface area contributed by atoms with Crippen LogP contribution in [0.25, 0.3) is 0 Å². The molecule has 0 bridgehead atoms. The Balaban J connectivity index is 0.00000122. The second kappa shape index (κ2) is 12.8. The van der Waals surface area contributed by atoms with Crippen LogP contribution in [0.15, 0.2) is 85.5 Å². The van der Waals surface area contributed by atoms with Crippen molar-refractivity contribution in [3.05, 3.63) is 117 Å². The molecule has 3 aromatic rings. The van der Waals surface area contributed by atoms with Gasteiger partial charge in [0.2, 0.25) is 0 Å². The molecule has 0 aliphatic carbocycles. The van der Waals surface area contributed by atoms with E-state index in [-0.39, 0.29) is 6.54 Å². The molecule has 0 radical (unpaired) electrons. The molecule has 0 heterocycles. The largest absolute Gasteiger partial charge is 0.480 e. The standard InChI is InChI=1S/C24H22Cl3NO2.C3H6/c1-28(16-23(29)30)15-14-24(17-2-8-20(25)9-3-17,18-4-10-21(26)11-5-18)19-6-12-22(27)13-7-19;1-3-2/h2-13H,14-16H2,1H3,(H,29,30);3H,1H2,2H3. The van der Waals surface area contributed by atoms with Gasteiger partial charge in [0.15, 0.2) is 0 Å². The molecular weight excluding hydrogens is 477 g/mol. The van der Waals surface area contributed by atoms with Gasteiger partial charge in [-0.3, -0.25) is 9.69 Å². The first-order valence-electron chi connectivity index (χ1n) is 10.5. The van der Waals surface area contributed by atoms with Gasteiger partial charge in [-0.2, -0.15) is 0 Å². The fraction of sp³-hybridized carbons (Fsp3) is 0.222. The van der Waals surface area contributed by atoms with E-state index < -0.39 is 11.4 Å². The third-order valence-electron chi connectivity index (χ3n) is 5.28. The molecule has 0 spiro atoms. The second-order valence-electron chi connectivity index (χ2n) is 7.72. The van der Waals surface area contributed by atoms with Crippen LogP contribution >= 0.6 is 34.8 Å². The third kappa shape index (κ3) is 7.35. The minimum Gasteiger partial charge on any atom is -0.480 e. The Morgan fingerprint density at radius 3 is 1.42 bits per heavy atom. The number of likely N-dealkylation sites (N-methyl/N-ethyl adjacent to an activating group) is 1. The molecule has 0 amide bonds. The predicted molar refractivity (Wildman–Crippen MR) is 140 cm³/mol. The van der Waals surface area contributed by atoms with Crippen molar-refractivity contribution in [2.45, 2.75) is 18.8 Å². The minimum absolute atomic E-state index is 0.0298. The van der Waals surface area contributed by atoms with Crippen LogP contribution in [0, 0.1) is 0 Å². The molecule has 0 unspecified atom stereocenters. The van der Waals surface area contributed by atoms with Gasteiger partial charge in [0.1, 0.15) is 0 Å². The van der Waals surface area contributed by atoms with E-state index in [4.69, 9.17) is 34.8 Å². The van der Waals surface area contributed by atoms with Gasteiger partial charge in [-0.05, 0) is 80.0 Å². The summed E-state index contributed by atoms with van der Waals surface area (Å²) in [5.41, 5.74) is 2.63. The number of halogens is 3. The van der Waals surface area contributed by atoms with E-state index in [0.717, 1.165) is 16.7 Å². The molecule has 0 aromatic heterocycles. The van der Waals surface area contributed by atoms with Crippen molar-refractivity contribution in [1.29, 1.82) is 0 Å². The average Bonchev–Trinajstić information content (AvgIpc) is 2.77. The molecule has 33 heavy (non-hydrogen) atoms. The number of carboxylic acids is 1. The van der Waals surface area contributed by atoms with E-state index >= 15 is 0 Å². The van der Waals surface area contributed by atoms with Crippen LogP contribution in [-0.4, -0.2) is 36.1 Å². The fourth-order valence-electron chi connectivity index (χ4n) is 3.80. The van der Waals surface area contributed by atoms with Crippen molar-refractivity contribution in [3.63, 3.8) is 0 Å². The maximum Gasteiger partial charge on any atom is 0.317 e. The number of rotatable bonds is 8. The highest BCUT2D eigenvalue weighted by molar-refractivity contribution is 6.31. The van der Waals surface area contributed by atoms with Gasteiger partial charge < -0.3 is 5.11 Å². The van der Waals surface area contributed by atoms with Gasteiger partial charge in [-0.25, -0.2) is 0 Å². The Bertz CT molecular complexity index is 922. The maximum absolute atomic E-state index is 11.2. The van der Waals surface area contributed by atoms with E-state index in [0.29, 0.717) is 28.0 Å². The SMILES string of the molecule is C=CC.CN(CCC(c1ccc(Cl)cc1)(c1ccc(Cl)cc1)c1ccc(Cl)cc1)CC(=O)O. The molecule has 3 rings (SSSR count). The fourth-order valence-corrected chi connectivity index (χ4v) is 4.18. The van der Waals surface area contributed by atoms with Crippen molar-refractivity contribution < 1.29 is 9.90 Å². The van der Waals surface area contributed by atoms with Gasteiger partial charge in [0.25, 0.3) is 0 Å². The van der Waals surface area contributed by atoms with E-state index in [1.54, 1.807) is 11.0 Å². The van der Waals surface area contributed by atoms with Gasteiger partial charge in [0.05, 0.1) is 6.54 Å². The topological polar surface area (TPSA) is 40.5 Å². The zero-order valence-corrected chi connectivity index (χ0v) is 21.0. The molecule has 3 nitrogen and oxygen atoms in total. The minimum atomic E-state index is -0.854. The van der Waals surface area contributed by atoms with Crippen LogP contribution in [-0.2, 0) is 10.2 Å². The first-order chi connectivity index (χ1) is 15.7. The van der Waals surface area contributed by atoms with Crippen molar-refractivity contribution in [2.75, 3.05) is 20.1 Å². The summed E-state index contributed by atoms with van der Waals surface area (Å²) in [6, 6.07) is 23.3. The summed E-state index contributed by atoms with van der Waals surface area (Å²) in [4.78, 5) is 13.0. The zero-order chi connectivity index (χ0) is 24.4. The summed E-state index contributed by atoms with van der Waals surface area (Å²) in [5, 5.41) is 11.1. The van der Waals surface area contributed by atoms with Crippen molar-refractivity contribution >= 4 is 40.8 Å². The first kappa shape index (κ1) is 26.9. The van der Waals surface area contributed by atoms with Gasteiger partial charge in [-0.15, -0.1) is 6.58 Å². The number of nitrogens with zero attached hydrogens (tertiary/aromatic N) is 1. The second-order valence-corrected chi connectivity index (χ2v) is 9.03. The Hall–Kier alpha value is -2.30. The molecule has 1 N–H and O–H groups in total. The number of hydrogen-bond acceptors (Lipinski definition) is 2. The Morgan fingerprint density at radius 2 is 1.15 bits per heavy atom. The molecule has 0 aliphatic rings. The molecule has 174 valence electrons. The lowest BCUT2D eigenvalue weighted by molar-refractivity contribution is -0.138. The monoisotopic (exact) mass is 503 g/mol. The molecule has 0 fully saturated rings. The van der Waals surface area contributed by atoms with Crippen molar-refractivity contribution in [1.82, 2.24) is 4.90 Å². The summed E-state index contributed by atoms with van der Waals surface area (Å²) in [7, 11) is 1.81. The Labute approximate surface area is 211 Å². The first-order valence-corrected chi connectivity index (χ1v) is 11.6. The summed E-state index contributed by atoms with van der Waals surface area (Å²) in [5.74, 6) is -0.854. The summed E-state index contributed by atoms with van der Waals surface area (Å²) < 4.78 is 0. The van der Waals surface area contributed by atoms with Crippen LogP contribution in [0.4, 0.5) is 0 Å². The molecule has 6 heteroatoms. The summed E-state index contributed by atoms with van der Waals surface area (Å²) in [6.07, 6.45) is 2.40. The number of allylic oxidation sites excluding steroid dienone is 1. The third-order valence-corrected chi connectivity index (χ3v) is 6.04. The van der Waals surface area contributed by atoms with Gasteiger partial charge in [-0.1, -0.05) is 77.3 Å². The van der Waals surface area contributed by atoms with Crippen LogP contribution in [0.3, 0.4) is 0 Å². The van der Waals surface area contributed by atoms with E-state index in [2.05, 4.69) is 6.58 Å². The van der Waals surface area contributed by atoms with E-state index in [9.17, 15) is 9.90 Å². The molecule has 0 saturated carbocycles. The quantitative estimate of drug-likeness (QED) is 0.254. The van der Waals surface area contributed by atoms with Crippen molar-refractivity contribution in [3.8, 4) is 0 Å². The highest BCUT2D eigenvalue weighted by Crippen LogP contribution is 2.43. The summed E-state index contributed by atoms with van der Waals surface area (Å²) in [6.45, 7) is 5.79. The summed E-state index contributed by atoms with van der Waals surface area (Å²) >= 11 is 18.5. The lowest BCUT2D eigenvalue weighted by Gasteiger charge is -2.37. The number of benzene rings is 3.